The van der Waals surface area contributed by atoms with Gasteiger partial charge < -0.3 is 4.42 Å². The van der Waals surface area contributed by atoms with Crippen molar-refractivity contribution in [2.24, 2.45) is 0 Å². The van der Waals surface area contributed by atoms with Gasteiger partial charge in [-0.3, -0.25) is 0 Å². The van der Waals surface area contributed by atoms with Crippen LogP contribution in [0.3, 0.4) is 0 Å². The molecule has 0 saturated heterocycles. The molecule has 0 fully saturated rings. The van der Waals surface area contributed by atoms with Gasteiger partial charge in [0.25, 0.3) is 0 Å². The summed E-state index contributed by atoms with van der Waals surface area (Å²) in [6.45, 7) is 4.68. The van der Waals surface area contributed by atoms with E-state index in [4.69, 9.17) is 14.4 Å². The zero-order chi connectivity index (χ0) is 32.0. The standard InChI is InChI=1S/C45H30N2O/c1-45(2)37-26-33(19-21-34(37)36-23-30-11-6-7-12-31(30)25-38(36)45)40-14-8-13-39(46-40)32-18-16-27-15-17-28-20-22-41-43(42(28)35(27)24-32)48-44(47-41)29-9-4-3-5-10-29/h3-26H,1-2H3. The maximum Gasteiger partial charge on any atom is 0.227 e. The second kappa shape index (κ2) is 9.97. The van der Waals surface area contributed by atoms with Crippen LogP contribution in [0.4, 0.5) is 0 Å². The topological polar surface area (TPSA) is 38.9 Å². The van der Waals surface area contributed by atoms with Crippen molar-refractivity contribution in [3.63, 3.8) is 0 Å². The van der Waals surface area contributed by atoms with Crippen molar-refractivity contribution in [2.75, 3.05) is 0 Å². The van der Waals surface area contributed by atoms with Crippen molar-refractivity contribution in [1.29, 1.82) is 0 Å². The minimum absolute atomic E-state index is 0.103. The van der Waals surface area contributed by atoms with Crippen LogP contribution in [0.1, 0.15) is 25.0 Å². The van der Waals surface area contributed by atoms with Gasteiger partial charge in [-0.15, -0.1) is 0 Å². The summed E-state index contributed by atoms with van der Waals surface area (Å²) < 4.78 is 6.47. The van der Waals surface area contributed by atoms with E-state index in [-0.39, 0.29) is 5.41 Å². The first kappa shape index (κ1) is 27.1. The molecule has 0 atom stereocenters. The second-order valence-electron chi connectivity index (χ2n) is 13.4. The highest BCUT2D eigenvalue weighted by molar-refractivity contribution is 6.18. The Labute approximate surface area is 278 Å². The van der Waals surface area contributed by atoms with Gasteiger partial charge in [0, 0.05) is 27.5 Å². The molecule has 3 heteroatoms. The van der Waals surface area contributed by atoms with Crippen LogP contribution in [0.25, 0.3) is 88.5 Å². The predicted molar refractivity (Wildman–Crippen MR) is 198 cm³/mol. The first-order chi connectivity index (χ1) is 23.5. The lowest BCUT2D eigenvalue weighted by molar-refractivity contribution is 0.623. The fraction of sp³-hybridized carbons (Fsp3) is 0.0667. The van der Waals surface area contributed by atoms with E-state index in [2.05, 4.69) is 123 Å². The molecule has 0 aliphatic heterocycles. The molecule has 9 aromatic rings. The lowest BCUT2D eigenvalue weighted by atomic mass is 9.81. The van der Waals surface area contributed by atoms with Crippen LogP contribution in [0.5, 0.6) is 0 Å². The Kier molecular flexibility index (Phi) is 5.63. The molecule has 7 aromatic carbocycles. The van der Waals surface area contributed by atoms with Gasteiger partial charge in [0.05, 0.1) is 11.4 Å². The SMILES string of the molecule is CC1(C)c2cc(-c3cccc(-c4ccc5ccc6ccc7nc(-c8ccccc8)oc7c6c5c4)n3)ccc2-c2cc3ccccc3cc21. The Morgan fingerprint density at radius 3 is 1.98 bits per heavy atom. The Hall–Kier alpha value is -6.06. The van der Waals surface area contributed by atoms with Gasteiger partial charge >= 0.3 is 0 Å². The predicted octanol–water partition coefficient (Wildman–Crippen LogP) is 12.0. The number of pyridine rings is 1. The smallest absolute Gasteiger partial charge is 0.227 e. The molecule has 0 radical (unpaired) electrons. The summed E-state index contributed by atoms with van der Waals surface area (Å²) >= 11 is 0. The van der Waals surface area contributed by atoms with E-state index in [1.54, 1.807) is 0 Å². The fourth-order valence-corrected chi connectivity index (χ4v) is 7.72. The van der Waals surface area contributed by atoms with Gasteiger partial charge in [-0.25, -0.2) is 9.97 Å². The van der Waals surface area contributed by atoms with E-state index in [9.17, 15) is 0 Å². The summed E-state index contributed by atoms with van der Waals surface area (Å²) in [4.78, 5) is 10.1. The number of hydrogen-bond acceptors (Lipinski definition) is 3. The molecular weight excluding hydrogens is 585 g/mol. The lowest BCUT2D eigenvalue weighted by Crippen LogP contribution is -2.15. The van der Waals surface area contributed by atoms with E-state index < -0.39 is 0 Å². The summed E-state index contributed by atoms with van der Waals surface area (Å²) in [6, 6.07) is 51.8. The van der Waals surface area contributed by atoms with Gasteiger partial charge in [-0.05, 0) is 104 Å². The third-order valence-corrected chi connectivity index (χ3v) is 10.3. The molecule has 3 nitrogen and oxygen atoms in total. The van der Waals surface area contributed by atoms with Crippen LogP contribution in [0, 0.1) is 0 Å². The molecule has 0 amide bonds. The number of fused-ring (bicyclic) bond motifs is 9. The summed E-state index contributed by atoms with van der Waals surface area (Å²) in [5.74, 6) is 0.634. The van der Waals surface area contributed by atoms with Crippen LogP contribution in [0.15, 0.2) is 150 Å². The molecule has 2 heterocycles. The Bertz CT molecular complexity index is 2750. The maximum atomic E-state index is 6.47. The molecule has 0 bridgehead atoms. The first-order valence-electron chi connectivity index (χ1n) is 16.5. The zero-order valence-corrected chi connectivity index (χ0v) is 26.7. The van der Waals surface area contributed by atoms with Gasteiger partial charge in [0.2, 0.25) is 5.89 Å². The van der Waals surface area contributed by atoms with E-state index in [0.29, 0.717) is 5.89 Å². The third kappa shape index (κ3) is 4.01. The summed E-state index contributed by atoms with van der Waals surface area (Å²) in [5.41, 5.74) is 12.0. The van der Waals surface area contributed by atoms with Crippen molar-refractivity contribution < 1.29 is 4.42 Å². The highest BCUT2D eigenvalue weighted by atomic mass is 16.3. The Morgan fingerprint density at radius 1 is 0.479 bits per heavy atom. The number of nitrogens with zero attached hydrogens (tertiary/aromatic N) is 2. The molecule has 0 spiro atoms. The van der Waals surface area contributed by atoms with Gasteiger partial charge in [-0.2, -0.15) is 0 Å². The molecule has 226 valence electrons. The normalized spacial score (nSPS) is 13.4. The van der Waals surface area contributed by atoms with E-state index in [0.717, 1.165) is 60.7 Å². The van der Waals surface area contributed by atoms with E-state index in [1.165, 1.54) is 33.0 Å². The average molecular weight is 615 g/mol. The molecule has 1 aliphatic rings. The van der Waals surface area contributed by atoms with Crippen LogP contribution >= 0.6 is 0 Å². The van der Waals surface area contributed by atoms with Crippen LogP contribution in [-0.2, 0) is 5.41 Å². The number of benzene rings is 7. The molecule has 2 aromatic heterocycles. The van der Waals surface area contributed by atoms with E-state index in [1.807, 2.05) is 36.4 Å². The monoisotopic (exact) mass is 614 g/mol. The van der Waals surface area contributed by atoms with Crippen molar-refractivity contribution in [3.8, 4) is 45.1 Å². The van der Waals surface area contributed by atoms with Gasteiger partial charge in [0.15, 0.2) is 5.58 Å². The molecule has 0 unspecified atom stereocenters. The largest absolute Gasteiger partial charge is 0.435 e. The zero-order valence-electron chi connectivity index (χ0n) is 26.7. The van der Waals surface area contributed by atoms with E-state index >= 15 is 0 Å². The summed E-state index contributed by atoms with van der Waals surface area (Å²) in [5, 5.41) is 7.05. The van der Waals surface area contributed by atoms with Crippen LogP contribution in [0.2, 0.25) is 0 Å². The highest BCUT2D eigenvalue weighted by Gasteiger charge is 2.36. The average Bonchev–Trinajstić information content (AvgIpc) is 3.67. The summed E-state index contributed by atoms with van der Waals surface area (Å²) in [7, 11) is 0. The van der Waals surface area contributed by atoms with Crippen molar-refractivity contribution in [1.82, 2.24) is 9.97 Å². The Balaban J connectivity index is 1.08. The van der Waals surface area contributed by atoms with Crippen molar-refractivity contribution >= 4 is 43.4 Å². The number of rotatable bonds is 3. The lowest BCUT2D eigenvalue weighted by Gasteiger charge is -2.22. The second-order valence-corrected chi connectivity index (χ2v) is 13.4. The Morgan fingerprint density at radius 2 is 1.15 bits per heavy atom. The minimum atomic E-state index is -0.103. The molecule has 0 N–H and O–H groups in total. The molecule has 1 aliphatic carbocycles. The number of hydrogen-bond donors (Lipinski definition) is 0. The minimum Gasteiger partial charge on any atom is -0.435 e. The maximum absolute atomic E-state index is 6.47. The molecule has 0 saturated carbocycles. The van der Waals surface area contributed by atoms with Crippen molar-refractivity contribution in [2.45, 2.75) is 19.3 Å². The molecule has 10 rings (SSSR count). The van der Waals surface area contributed by atoms with Crippen LogP contribution < -0.4 is 0 Å². The number of aromatic nitrogens is 2. The number of oxazole rings is 1. The molecule has 48 heavy (non-hydrogen) atoms. The van der Waals surface area contributed by atoms with Gasteiger partial charge in [-0.1, -0.05) is 105 Å². The summed E-state index contributed by atoms with van der Waals surface area (Å²) in [6.07, 6.45) is 0. The fourth-order valence-electron chi connectivity index (χ4n) is 7.72. The third-order valence-electron chi connectivity index (χ3n) is 10.3. The highest BCUT2D eigenvalue weighted by Crippen LogP contribution is 2.50. The van der Waals surface area contributed by atoms with Crippen LogP contribution in [-0.4, -0.2) is 9.97 Å². The molecular formula is C45H30N2O. The van der Waals surface area contributed by atoms with Crippen molar-refractivity contribution in [3.05, 3.63) is 157 Å². The van der Waals surface area contributed by atoms with Gasteiger partial charge in [0.1, 0.15) is 5.52 Å². The first-order valence-corrected chi connectivity index (χ1v) is 16.5. The quantitative estimate of drug-likeness (QED) is 0.186.